The topological polar surface area (TPSA) is 63.2 Å². The predicted octanol–water partition coefficient (Wildman–Crippen LogP) is 1.75. The molecule has 2 heterocycles. The van der Waals surface area contributed by atoms with Gasteiger partial charge in [-0.2, -0.15) is 11.8 Å². The summed E-state index contributed by atoms with van der Waals surface area (Å²) in [6.07, 6.45) is 0. The number of sulfone groups is 1. The van der Waals surface area contributed by atoms with E-state index in [4.69, 9.17) is 11.6 Å². The molecule has 5 nitrogen and oxygen atoms in total. The number of hydrogen-bond donors (Lipinski definition) is 0. The average Bonchev–Trinajstić information content (AvgIpc) is 2.37. The van der Waals surface area contributed by atoms with Gasteiger partial charge in [-0.1, -0.05) is 6.92 Å². The Hall–Kier alpha value is -0.530. The Kier molecular flexibility index (Phi) is 4.58. The molecule has 1 aromatic heterocycles. The van der Waals surface area contributed by atoms with Gasteiger partial charge in [0, 0.05) is 35.6 Å². The van der Waals surface area contributed by atoms with E-state index in [1.165, 1.54) is 0 Å². The Morgan fingerprint density at radius 3 is 2.89 bits per heavy atom. The monoisotopic (exact) mass is 321 g/mol. The molecule has 1 aliphatic heterocycles. The summed E-state index contributed by atoms with van der Waals surface area (Å²) < 4.78 is 24.4. The van der Waals surface area contributed by atoms with Crippen LogP contribution in [0.4, 0.5) is 5.82 Å². The summed E-state index contributed by atoms with van der Waals surface area (Å²) in [5.41, 5.74) is 0.737. The zero-order chi connectivity index (χ0) is 14.0. The lowest BCUT2D eigenvalue weighted by Gasteiger charge is -2.35. The molecular weight excluding hydrogens is 306 g/mol. The van der Waals surface area contributed by atoms with E-state index in [1.54, 1.807) is 24.8 Å². The third-order valence-electron chi connectivity index (χ3n) is 3.01. The van der Waals surface area contributed by atoms with Crippen LogP contribution >= 0.6 is 23.4 Å². The zero-order valence-corrected chi connectivity index (χ0v) is 13.2. The number of anilines is 1. The largest absolute Gasteiger partial charge is 0.338 e. The summed E-state index contributed by atoms with van der Waals surface area (Å²) in [6, 6.07) is 1.78. The number of rotatable bonds is 3. The lowest BCUT2D eigenvalue weighted by atomic mass is 10.4. The molecule has 0 N–H and O–H groups in total. The zero-order valence-electron chi connectivity index (χ0n) is 10.8. The van der Waals surface area contributed by atoms with Gasteiger partial charge in [-0.25, -0.2) is 18.4 Å². The van der Waals surface area contributed by atoms with E-state index in [0.717, 1.165) is 11.4 Å². The summed E-state index contributed by atoms with van der Waals surface area (Å²) in [5, 5.41) is -0.373. The fourth-order valence-electron chi connectivity index (χ4n) is 2.00. The van der Waals surface area contributed by atoms with Crippen LogP contribution in [0.1, 0.15) is 12.6 Å². The molecule has 0 amide bonds. The van der Waals surface area contributed by atoms with Crippen LogP contribution < -0.4 is 4.90 Å². The van der Waals surface area contributed by atoms with Crippen molar-refractivity contribution in [2.24, 2.45) is 0 Å². The van der Waals surface area contributed by atoms with Crippen molar-refractivity contribution < 1.29 is 8.42 Å². The minimum atomic E-state index is -3.14. The van der Waals surface area contributed by atoms with E-state index in [2.05, 4.69) is 9.97 Å². The Bertz CT molecular complexity index is 545. The molecule has 1 saturated heterocycles. The molecule has 8 heteroatoms. The highest BCUT2D eigenvalue weighted by Gasteiger charge is 2.33. The highest BCUT2D eigenvalue weighted by atomic mass is 35.5. The van der Waals surface area contributed by atoms with Crippen LogP contribution in [0.5, 0.6) is 0 Å². The lowest BCUT2D eigenvalue weighted by Crippen LogP contribution is -2.48. The number of hydrogen-bond acceptors (Lipinski definition) is 6. The molecular formula is C11H16ClN3O2S2. The van der Waals surface area contributed by atoms with Gasteiger partial charge in [-0.15, -0.1) is 0 Å². The fourth-order valence-corrected chi connectivity index (χ4v) is 5.19. The van der Waals surface area contributed by atoms with Crippen LogP contribution in [0.25, 0.3) is 0 Å². The number of halogens is 1. The lowest BCUT2D eigenvalue weighted by molar-refractivity contribution is 0.578. The van der Waals surface area contributed by atoms with Gasteiger partial charge in [-0.3, -0.25) is 0 Å². The normalized spacial score (nSPS) is 20.6. The van der Waals surface area contributed by atoms with E-state index in [1.807, 2.05) is 11.8 Å². The molecule has 0 aromatic carbocycles. The molecule has 1 atom stereocenters. The molecule has 0 radical (unpaired) electrons. The highest BCUT2D eigenvalue weighted by Crippen LogP contribution is 2.27. The van der Waals surface area contributed by atoms with Crippen molar-refractivity contribution in [3.63, 3.8) is 0 Å². The second-order valence-electron chi connectivity index (χ2n) is 4.31. The second kappa shape index (κ2) is 5.85. The van der Waals surface area contributed by atoms with Crippen LogP contribution in [-0.4, -0.2) is 47.6 Å². The predicted molar refractivity (Wildman–Crippen MR) is 79.7 cm³/mol. The van der Waals surface area contributed by atoms with Gasteiger partial charge in [0.15, 0.2) is 9.84 Å². The van der Waals surface area contributed by atoms with Crippen LogP contribution in [0.3, 0.4) is 0 Å². The number of nitrogens with zero attached hydrogens (tertiary/aromatic N) is 3. The minimum Gasteiger partial charge on any atom is -0.338 e. The molecule has 0 bridgehead atoms. The summed E-state index contributed by atoms with van der Waals surface area (Å²) in [6.45, 7) is 4.14. The van der Waals surface area contributed by atoms with E-state index in [9.17, 15) is 8.42 Å². The SMILES string of the molecule is CCS(=O)(=O)C1CSCCN1c1cc(C)nc(Cl)n1. The van der Waals surface area contributed by atoms with Crippen molar-refractivity contribution in [3.05, 3.63) is 17.0 Å². The first-order valence-electron chi connectivity index (χ1n) is 6.01. The van der Waals surface area contributed by atoms with Crippen molar-refractivity contribution >= 4 is 39.0 Å². The highest BCUT2D eigenvalue weighted by molar-refractivity contribution is 8.01. The second-order valence-corrected chi connectivity index (χ2v) is 8.25. The van der Waals surface area contributed by atoms with Crippen molar-refractivity contribution in [1.82, 2.24) is 9.97 Å². The van der Waals surface area contributed by atoms with Gasteiger partial charge in [0.05, 0.1) is 0 Å². The Balaban J connectivity index is 2.39. The van der Waals surface area contributed by atoms with E-state index >= 15 is 0 Å². The molecule has 2 rings (SSSR count). The molecule has 1 aliphatic rings. The molecule has 1 unspecified atom stereocenters. The Morgan fingerprint density at radius 2 is 2.26 bits per heavy atom. The smallest absolute Gasteiger partial charge is 0.224 e. The Labute approximate surface area is 122 Å². The van der Waals surface area contributed by atoms with E-state index < -0.39 is 15.2 Å². The summed E-state index contributed by atoms with van der Waals surface area (Å²) >= 11 is 7.52. The van der Waals surface area contributed by atoms with Gasteiger partial charge in [0.2, 0.25) is 5.28 Å². The number of aryl methyl sites for hydroxylation is 1. The first kappa shape index (κ1) is 14.9. The van der Waals surface area contributed by atoms with Crippen LogP contribution in [0, 0.1) is 6.92 Å². The average molecular weight is 322 g/mol. The van der Waals surface area contributed by atoms with Crippen LogP contribution in [0.15, 0.2) is 6.07 Å². The quantitative estimate of drug-likeness (QED) is 0.790. The minimum absolute atomic E-state index is 0.131. The van der Waals surface area contributed by atoms with Crippen LogP contribution in [-0.2, 0) is 9.84 Å². The Morgan fingerprint density at radius 1 is 1.53 bits per heavy atom. The van der Waals surface area contributed by atoms with Gasteiger partial charge < -0.3 is 4.90 Å². The molecule has 1 fully saturated rings. The summed E-state index contributed by atoms with van der Waals surface area (Å²) in [4.78, 5) is 10.0. The first-order valence-corrected chi connectivity index (χ1v) is 9.26. The molecule has 0 aliphatic carbocycles. The van der Waals surface area contributed by atoms with E-state index in [-0.39, 0.29) is 11.0 Å². The summed E-state index contributed by atoms with van der Waals surface area (Å²) in [7, 11) is -3.14. The van der Waals surface area contributed by atoms with Gasteiger partial charge >= 0.3 is 0 Å². The third-order valence-corrected chi connectivity index (χ3v) is 6.47. The van der Waals surface area contributed by atoms with Crippen molar-refractivity contribution in [2.45, 2.75) is 19.2 Å². The van der Waals surface area contributed by atoms with Gasteiger partial charge in [0.1, 0.15) is 11.2 Å². The van der Waals surface area contributed by atoms with Crippen molar-refractivity contribution in [1.29, 1.82) is 0 Å². The fraction of sp³-hybridized carbons (Fsp3) is 0.636. The maximum absolute atomic E-state index is 12.2. The maximum Gasteiger partial charge on any atom is 0.224 e. The molecule has 106 valence electrons. The number of aromatic nitrogens is 2. The maximum atomic E-state index is 12.2. The molecule has 0 saturated carbocycles. The van der Waals surface area contributed by atoms with Crippen molar-refractivity contribution in [2.75, 3.05) is 28.7 Å². The third kappa shape index (κ3) is 3.32. The van der Waals surface area contributed by atoms with Gasteiger partial charge in [0.25, 0.3) is 0 Å². The first-order chi connectivity index (χ1) is 8.94. The molecule has 1 aromatic rings. The molecule has 19 heavy (non-hydrogen) atoms. The number of thioether (sulfide) groups is 1. The van der Waals surface area contributed by atoms with Crippen LogP contribution in [0.2, 0.25) is 5.28 Å². The van der Waals surface area contributed by atoms with Gasteiger partial charge in [-0.05, 0) is 18.5 Å². The standard InChI is InChI=1S/C11H16ClN3O2S2/c1-3-19(16,17)10-7-18-5-4-15(10)9-6-8(2)13-11(12)14-9/h6,10H,3-5,7H2,1-2H3. The van der Waals surface area contributed by atoms with E-state index in [0.29, 0.717) is 18.1 Å². The summed E-state index contributed by atoms with van der Waals surface area (Å²) in [5.74, 6) is 2.18. The van der Waals surface area contributed by atoms with Crippen molar-refractivity contribution in [3.8, 4) is 0 Å². The molecule has 0 spiro atoms.